The summed E-state index contributed by atoms with van der Waals surface area (Å²) in [5.74, 6) is -1.06. The molecule has 2 nitrogen and oxygen atoms in total. The minimum absolute atomic E-state index is 0.00819. The second-order valence-electron chi connectivity index (χ2n) is 4.43. The number of halogens is 2. The van der Waals surface area contributed by atoms with Crippen LogP contribution in [0.3, 0.4) is 0 Å². The van der Waals surface area contributed by atoms with Gasteiger partial charge in [0.05, 0.1) is 0 Å². The van der Waals surface area contributed by atoms with Crippen molar-refractivity contribution in [3.63, 3.8) is 0 Å². The lowest BCUT2D eigenvalue weighted by molar-refractivity contribution is 0.297. The van der Waals surface area contributed by atoms with Crippen molar-refractivity contribution in [3.05, 3.63) is 65.2 Å². The van der Waals surface area contributed by atoms with Gasteiger partial charge in [0.15, 0.2) is 11.6 Å². The maximum atomic E-state index is 13.5. The molecule has 0 saturated carbocycles. The molecule has 0 atom stereocenters. The summed E-state index contributed by atoms with van der Waals surface area (Å²) in [7, 11) is 0. The molecule has 0 unspecified atom stereocenters. The third-order valence-electron chi connectivity index (χ3n) is 2.90. The highest BCUT2D eigenvalue weighted by atomic mass is 19.2. The Morgan fingerprint density at radius 2 is 1.90 bits per heavy atom. The first-order valence-corrected chi connectivity index (χ1v) is 6.56. The van der Waals surface area contributed by atoms with E-state index in [-0.39, 0.29) is 12.2 Å². The van der Waals surface area contributed by atoms with Gasteiger partial charge < -0.3 is 10.1 Å². The molecule has 0 aliphatic carbocycles. The van der Waals surface area contributed by atoms with Crippen LogP contribution in [0.2, 0.25) is 0 Å². The molecule has 2 rings (SSSR count). The van der Waals surface area contributed by atoms with E-state index < -0.39 is 11.6 Å². The van der Waals surface area contributed by atoms with E-state index in [2.05, 4.69) is 5.32 Å². The monoisotopic (exact) mass is 277 g/mol. The second kappa shape index (κ2) is 7.01. The molecular weight excluding hydrogens is 260 g/mol. The molecule has 1 N–H and O–H groups in total. The van der Waals surface area contributed by atoms with Crippen LogP contribution < -0.4 is 10.1 Å². The molecule has 0 bridgehead atoms. The van der Waals surface area contributed by atoms with Gasteiger partial charge in [-0.15, -0.1) is 0 Å². The van der Waals surface area contributed by atoms with E-state index in [1.54, 1.807) is 6.07 Å². The van der Waals surface area contributed by atoms with E-state index in [1.807, 2.05) is 25.1 Å². The lowest BCUT2D eigenvalue weighted by Crippen LogP contribution is -2.11. The molecule has 2 aromatic rings. The van der Waals surface area contributed by atoms with Gasteiger partial charge in [0.1, 0.15) is 12.4 Å². The Morgan fingerprint density at radius 1 is 1.10 bits per heavy atom. The maximum absolute atomic E-state index is 13.5. The second-order valence-corrected chi connectivity index (χ2v) is 4.43. The molecule has 0 aromatic heterocycles. The first-order chi connectivity index (χ1) is 9.70. The van der Waals surface area contributed by atoms with Gasteiger partial charge in [0.2, 0.25) is 0 Å². The summed E-state index contributed by atoms with van der Waals surface area (Å²) in [6.07, 6.45) is 0. The Kier molecular flexibility index (Phi) is 5.07. The predicted octanol–water partition coefficient (Wildman–Crippen LogP) is 3.65. The summed E-state index contributed by atoms with van der Waals surface area (Å²) >= 11 is 0. The average molecular weight is 277 g/mol. The number of ether oxygens (including phenoxy) is 1. The van der Waals surface area contributed by atoms with Gasteiger partial charge in [-0.1, -0.05) is 31.2 Å². The summed E-state index contributed by atoms with van der Waals surface area (Å²) in [6.45, 7) is 3.68. The summed E-state index contributed by atoms with van der Waals surface area (Å²) in [5.41, 5.74) is 1.30. The van der Waals surface area contributed by atoms with Crippen molar-refractivity contribution in [3.8, 4) is 5.75 Å². The van der Waals surface area contributed by atoms with Gasteiger partial charge >= 0.3 is 0 Å². The Bertz CT molecular complexity index is 572. The molecule has 0 spiro atoms. The number of rotatable bonds is 6. The lowest BCUT2D eigenvalue weighted by Gasteiger charge is -2.09. The standard InChI is InChI=1S/C16H17F2NO/c1-2-19-10-12-5-3-7-14(9-12)20-11-13-6-4-8-15(17)16(13)18/h3-9,19H,2,10-11H2,1H3. The van der Waals surface area contributed by atoms with Crippen LogP contribution in [0, 0.1) is 11.6 Å². The average Bonchev–Trinajstić information content (AvgIpc) is 2.47. The molecule has 0 amide bonds. The van der Waals surface area contributed by atoms with Crippen molar-refractivity contribution in [2.24, 2.45) is 0 Å². The number of nitrogens with one attached hydrogen (secondary N) is 1. The van der Waals surface area contributed by atoms with Crippen molar-refractivity contribution in [1.82, 2.24) is 5.32 Å². The highest BCUT2D eigenvalue weighted by molar-refractivity contribution is 5.29. The number of hydrogen-bond donors (Lipinski definition) is 1. The van der Waals surface area contributed by atoms with Crippen LogP contribution in [0.15, 0.2) is 42.5 Å². The zero-order chi connectivity index (χ0) is 14.4. The topological polar surface area (TPSA) is 21.3 Å². The molecule has 0 radical (unpaired) electrons. The number of benzene rings is 2. The van der Waals surface area contributed by atoms with Crippen molar-refractivity contribution < 1.29 is 13.5 Å². The normalized spacial score (nSPS) is 10.6. The molecule has 106 valence electrons. The molecule has 4 heteroatoms. The summed E-state index contributed by atoms with van der Waals surface area (Å²) < 4.78 is 32.1. The van der Waals surface area contributed by atoms with E-state index >= 15 is 0 Å². The third-order valence-corrected chi connectivity index (χ3v) is 2.90. The fourth-order valence-corrected chi connectivity index (χ4v) is 1.84. The van der Waals surface area contributed by atoms with Gasteiger partial charge in [-0.2, -0.15) is 0 Å². The fraction of sp³-hybridized carbons (Fsp3) is 0.250. The zero-order valence-electron chi connectivity index (χ0n) is 11.3. The summed E-state index contributed by atoms with van der Waals surface area (Å²) in [6, 6.07) is 11.6. The molecule has 0 saturated heterocycles. The zero-order valence-corrected chi connectivity index (χ0v) is 11.3. The predicted molar refractivity (Wildman–Crippen MR) is 74.5 cm³/mol. The van der Waals surface area contributed by atoms with Crippen molar-refractivity contribution in [1.29, 1.82) is 0 Å². The minimum Gasteiger partial charge on any atom is -0.489 e. The smallest absolute Gasteiger partial charge is 0.165 e. The van der Waals surface area contributed by atoms with Crippen LogP contribution in [0.5, 0.6) is 5.75 Å². The van der Waals surface area contributed by atoms with Crippen LogP contribution in [0.4, 0.5) is 8.78 Å². The van der Waals surface area contributed by atoms with Gasteiger partial charge in [-0.3, -0.25) is 0 Å². The highest BCUT2D eigenvalue weighted by Gasteiger charge is 2.08. The van der Waals surface area contributed by atoms with Crippen LogP contribution in [-0.2, 0) is 13.2 Å². The van der Waals surface area contributed by atoms with Crippen molar-refractivity contribution >= 4 is 0 Å². The van der Waals surface area contributed by atoms with Gasteiger partial charge in [0, 0.05) is 12.1 Å². The third kappa shape index (κ3) is 3.78. The van der Waals surface area contributed by atoms with Crippen LogP contribution in [0.1, 0.15) is 18.1 Å². The van der Waals surface area contributed by atoms with Crippen LogP contribution in [0.25, 0.3) is 0 Å². The van der Waals surface area contributed by atoms with Crippen molar-refractivity contribution in [2.45, 2.75) is 20.1 Å². The Hall–Kier alpha value is -1.94. The van der Waals surface area contributed by atoms with E-state index in [1.165, 1.54) is 12.1 Å². The molecular formula is C16H17F2NO. The minimum atomic E-state index is -0.855. The maximum Gasteiger partial charge on any atom is 0.165 e. The number of hydrogen-bond acceptors (Lipinski definition) is 2. The molecule has 20 heavy (non-hydrogen) atoms. The Labute approximate surface area is 117 Å². The molecule has 0 fully saturated rings. The fourth-order valence-electron chi connectivity index (χ4n) is 1.84. The van der Waals surface area contributed by atoms with Gasteiger partial charge in [0.25, 0.3) is 0 Å². The molecule has 2 aromatic carbocycles. The van der Waals surface area contributed by atoms with E-state index in [4.69, 9.17) is 4.74 Å². The van der Waals surface area contributed by atoms with Crippen LogP contribution >= 0.6 is 0 Å². The lowest BCUT2D eigenvalue weighted by atomic mass is 10.2. The summed E-state index contributed by atoms with van der Waals surface area (Å²) in [5, 5.41) is 3.22. The highest BCUT2D eigenvalue weighted by Crippen LogP contribution is 2.17. The van der Waals surface area contributed by atoms with Crippen molar-refractivity contribution in [2.75, 3.05) is 6.54 Å². The molecule has 0 aliphatic heterocycles. The van der Waals surface area contributed by atoms with Crippen LogP contribution in [-0.4, -0.2) is 6.54 Å². The van der Waals surface area contributed by atoms with E-state index in [0.717, 1.165) is 24.7 Å². The quantitative estimate of drug-likeness (QED) is 0.870. The SMILES string of the molecule is CCNCc1cccc(OCc2cccc(F)c2F)c1. The largest absolute Gasteiger partial charge is 0.489 e. The van der Waals surface area contributed by atoms with E-state index in [0.29, 0.717) is 5.75 Å². The molecule has 0 heterocycles. The van der Waals surface area contributed by atoms with E-state index in [9.17, 15) is 8.78 Å². The molecule has 0 aliphatic rings. The Morgan fingerprint density at radius 3 is 2.70 bits per heavy atom. The van der Waals surface area contributed by atoms with Gasteiger partial charge in [-0.25, -0.2) is 8.78 Å². The Balaban J connectivity index is 2.01. The first kappa shape index (κ1) is 14.5. The first-order valence-electron chi connectivity index (χ1n) is 6.56. The van der Waals surface area contributed by atoms with Gasteiger partial charge in [-0.05, 0) is 30.3 Å². The summed E-state index contributed by atoms with van der Waals surface area (Å²) in [4.78, 5) is 0.